The van der Waals surface area contributed by atoms with Crippen molar-refractivity contribution in [1.29, 1.82) is 0 Å². The van der Waals surface area contributed by atoms with Gasteiger partial charge in [-0.15, -0.1) is 0 Å². The molecule has 1 aliphatic heterocycles. The average molecular weight is 206 g/mol. The highest BCUT2D eigenvalue weighted by Gasteiger charge is 2.33. The molecule has 0 amide bonds. The number of hydrazine groups is 1. The lowest BCUT2D eigenvalue weighted by Gasteiger charge is -2.19. The molecule has 0 saturated heterocycles. The van der Waals surface area contributed by atoms with Gasteiger partial charge in [-0.2, -0.15) is 0 Å². The molecule has 1 aromatic rings. The van der Waals surface area contributed by atoms with E-state index in [1.165, 1.54) is 5.01 Å². The number of ether oxygens (including phenoxy) is 1. The van der Waals surface area contributed by atoms with Gasteiger partial charge in [-0.3, -0.25) is 5.01 Å². The van der Waals surface area contributed by atoms with Crippen molar-refractivity contribution in [2.24, 2.45) is 5.84 Å². The van der Waals surface area contributed by atoms with Crippen molar-refractivity contribution in [1.82, 2.24) is 0 Å². The maximum atomic E-state index is 11.6. The summed E-state index contributed by atoms with van der Waals surface area (Å²) in [5, 5.41) is 1.49. The monoisotopic (exact) mass is 206 g/mol. The van der Waals surface area contributed by atoms with Gasteiger partial charge < -0.3 is 4.74 Å². The Morgan fingerprint density at radius 1 is 1.60 bits per heavy atom. The van der Waals surface area contributed by atoms with Gasteiger partial charge in [-0.05, 0) is 18.6 Å². The fourth-order valence-corrected chi connectivity index (χ4v) is 1.85. The van der Waals surface area contributed by atoms with E-state index < -0.39 is 0 Å². The summed E-state index contributed by atoms with van der Waals surface area (Å²) in [5.74, 6) is 5.60. The van der Waals surface area contributed by atoms with Crippen LogP contribution >= 0.6 is 0 Å². The number of para-hydroxylation sites is 1. The number of benzene rings is 1. The van der Waals surface area contributed by atoms with Crippen molar-refractivity contribution in [3.05, 3.63) is 29.8 Å². The molecule has 0 aromatic heterocycles. The van der Waals surface area contributed by atoms with Crippen molar-refractivity contribution in [3.63, 3.8) is 0 Å². The molecule has 15 heavy (non-hydrogen) atoms. The van der Waals surface area contributed by atoms with Crippen LogP contribution in [-0.4, -0.2) is 18.6 Å². The highest BCUT2D eigenvalue weighted by atomic mass is 16.5. The summed E-state index contributed by atoms with van der Waals surface area (Å²) < 4.78 is 4.97. The summed E-state index contributed by atoms with van der Waals surface area (Å²) in [6, 6.07) is 7.37. The fourth-order valence-electron chi connectivity index (χ4n) is 1.85. The fraction of sp³-hybridized carbons (Fsp3) is 0.364. The van der Waals surface area contributed by atoms with Crippen LogP contribution in [0.5, 0.6) is 0 Å². The number of hydrogen-bond acceptors (Lipinski definition) is 4. The summed E-state index contributed by atoms with van der Waals surface area (Å²) in [4.78, 5) is 11.6. The SMILES string of the molecule is CCOC(=O)C1Cc2ccccc2N1N. The van der Waals surface area contributed by atoms with Crippen molar-refractivity contribution in [3.8, 4) is 0 Å². The Hall–Kier alpha value is -1.55. The molecular formula is C11H14N2O2. The minimum absolute atomic E-state index is 0.254. The van der Waals surface area contributed by atoms with Crippen molar-refractivity contribution >= 4 is 11.7 Å². The molecule has 0 aliphatic carbocycles. The number of anilines is 1. The molecule has 2 rings (SSSR count). The molecule has 4 nitrogen and oxygen atoms in total. The first-order valence-corrected chi connectivity index (χ1v) is 5.02. The van der Waals surface area contributed by atoms with E-state index in [2.05, 4.69) is 0 Å². The van der Waals surface area contributed by atoms with Crippen LogP contribution in [0.25, 0.3) is 0 Å². The first-order valence-electron chi connectivity index (χ1n) is 5.02. The molecule has 1 aromatic carbocycles. The van der Waals surface area contributed by atoms with E-state index in [9.17, 15) is 4.79 Å². The molecule has 80 valence electrons. The van der Waals surface area contributed by atoms with Crippen LogP contribution in [0.2, 0.25) is 0 Å². The molecule has 4 heteroatoms. The number of rotatable bonds is 2. The second-order valence-corrected chi connectivity index (χ2v) is 3.51. The topological polar surface area (TPSA) is 55.6 Å². The van der Waals surface area contributed by atoms with Crippen LogP contribution < -0.4 is 10.9 Å². The van der Waals surface area contributed by atoms with Gasteiger partial charge in [0.25, 0.3) is 0 Å². The Morgan fingerprint density at radius 3 is 3.00 bits per heavy atom. The van der Waals surface area contributed by atoms with Crippen molar-refractivity contribution < 1.29 is 9.53 Å². The van der Waals surface area contributed by atoms with E-state index in [0.29, 0.717) is 13.0 Å². The normalized spacial score (nSPS) is 18.8. The Morgan fingerprint density at radius 2 is 2.33 bits per heavy atom. The van der Waals surface area contributed by atoms with Gasteiger partial charge >= 0.3 is 5.97 Å². The van der Waals surface area contributed by atoms with E-state index in [0.717, 1.165) is 11.3 Å². The average Bonchev–Trinajstić information content (AvgIpc) is 2.57. The molecule has 1 atom stereocenters. The highest BCUT2D eigenvalue weighted by Crippen LogP contribution is 2.29. The van der Waals surface area contributed by atoms with Gasteiger partial charge in [0.05, 0.1) is 12.3 Å². The predicted octanol–water partition coefficient (Wildman–Crippen LogP) is 0.855. The summed E-state index contributed by atoms with van der Waals surface area (Å²) >= 11 is 0. The molecular weight excluding hydrogens is 192 g/mol. The number of carbonyl (C=O) groups is 1. The molecule has 0 spiro atoms. The second-order valence-electron chi connectivity index (χ2n) is 3.51. The Labute approximate surface area is 88.6 Å². The zero-order chi connectivity index (χ0) is 10.8. The maximum Gasteiger partial charge on any atom is 0.330 e. The van der Waals surface area contributed by atoms with Gasteiger partial charge in [-0.25, -0.2) is 10.6 Å². The van der Waals surface area contributed by atoms with Crippen LogP contribution in [0.3, 0.4) is 0 Å². The lowest BCUT2D eigenvalue weighted by Crippen LogP contribution is -2.44. The van der Waals surface area contributed by atoms with E-state index >= 15 is 0 Å². The van der Waals surface area contributed by atoms with Crippen LogP contribution in [0.4, 0.5) is 5.69 Å². The van der Waals surface area contributed by atoms with Crippen molar-refractivity contribution in [2.45, 2.75) is 19.4 Å². The lowest BCUT2D eigenvalue weighted by molar-refractivity contribution is -0.144. The number of esters is 1. The number of carbonyl (C=O) groups excluding carboxylic acids is 1. The summed E-state index contributed by atoms with van der Waals surface area (Å²) in [6.45, 7) is 2.18. The molecule has 2 N–H and O–H groups in total. The van der Waals surface area contributed by atoms with Crippen LogP contribution in [-0.2, 0) is 16.0 Å². The van der Waals surface area contributed by atoms with Crippen LogP contribution in [0, 0.1) is 0 Å². The van der Waals surface area contributed by atoms with E-state index in [1.54, 1.807) is 6.92 Å². The number of hydrogen-bond donors (Lipinski definition) is 1. The van der Waals surface area contributed by atoms with Crippen molar-refractivity contribution in [2.75, 3.05) is 11.6 Å². The van der Waals surface area contributed by atoms with Crippen LogP contribution in [0.1, 0.15) is 12.5 Å². The van der Waals surface area contributed by atoms with E-state index in [-0.39, 0.29) is 12.0 Å². The summed E-state index contributed by atoms with van der Waals surface area (Å²) in [6.07, 6.45) is 0.630. The quantitative estimate of drug-likeness (QED) is 0.576. The zero-order valence-electron chi connectivity index (χ0n) is 8.64. The minimum atomic E-state index is -0.373. The molecule has 0 bridgehead atoms. The highest BCUT2D eigenvalue weighted by molar-refractivity contribution is 5.83. The summed E-state index contributed by atoms with van der Waals surface area (Å²) in [5.41, 5.74) is 2.01. The summed E-state index contributed by atoms with van der Waals surface area (Å²) in [7, 11) is 0. The van der Waals surface area contributed by atoms with Gasteiger partial charge in [0.1, 0.15) is 6.04 Å². The Bertz CT molecular complexity index is 379. The maximum absolute atomic E-state index is 11.6. The number of nitrogens with zero attached hydrogens (tertiary/aromatic N) is 1. The molecule has 1 aliphatic rings. The Balaban J connectivity index is 2.19. The minimum Gasteiger partial charge on any atom is -0.464 e. The standard InChI is InChI=1S/C11H14N2O2/c1-2-15-11(14)10-7-8-5-3-4-6-9(8)13(10)12/h3-6,10H,2,7,12H2,1H3. The van der Waals surface area contributed by atoms with Crippen LogP contribution in [0.15, 0.2) is 24.3 Å². The van der Waals surface area contributed by atoms with Gasteiger partial charge in [-0.1, -0.05) is 18.2 Å². The molecule has 1 heterocycles. The third kappa shape index (κ3) is 1.68. The molecule has 0 fully saturated rings. The lowest BCUT2D eigenvalue weighted by atomic mass is 10.1. The van der Waals surface area contributed by atoms with E-state index in [1.807, 2.05) is 24.3 Å². The second kappa shape index (κ2) is 3.90. The largest absolute Gasteiger partial charge is 0.464 e. The molecule has 1 unspecified atom stereocenters. The predicted molar refractivity (Wildman–Crippen MR) is 57.2 cm³/mol. The molecule has 0 radical (unpaired) electrons. The number of fused-ring (bicyclic) bond motifs is 1. The van der Waals surface area contributed by atoms with Gasteiger partial charge in [0.15, 0.2) is 0 Å². The van der Waals surface area contributed by atoms with E-state index in [4.69, 9.17) is 10.6 Å². The smallest absolute Gasteiger partial charge is 0.330 e. The third-order valence-electron chi connectivity index (χ3n) is 2.58. The third-order valence-corrected chi connectivity index (χ3v) is 2.58. The first kappa shape index (κ1) is 9.98. The van der Waals surface area contributed by atoms with Gasteiger partial charge in [0.2, 0.25) is 0 Å². The number of nitrogens with two attached hydrogens (primary N) is 1. The zero-order valence-corrected chi connectivity index (χ0v) is 8.64. The molecule has 0 saturated carbocycles. The first-order chi connectivity index (χ1) is 7.24. The van der Waals surface area contributed by atoms with Gasteiger partial charge in [0, 0.05) is 6.42 Å². The Kier molecular flexibility index (Phi) is 2.60.